The zero-order valence-electron chi connectivity index (χ0n) is 19.4. The Hall–Kier alpha value is -3.84. The highest BCUT2D eigenvalue weighted by atomic mass is 19.4. The van der Waals surface area contributed by atoms with E-state index < -0.39 is 17.6 Å². The van der Waals surface area contributed by atoms with Crippen molar-refractivity contribution in [2.75, 3.05) is 6.54 Å². The van der Waals surface area contributed by atoms with Crippen LogP contribution >= 0.6 is 0 Å². The highest BCUT2D eigenvalue weighted by molar-refractivity contribution is 5.92. The molecule has 3 aromatic heterocycles. The number of pyridine rings is 1. The lowest BCUT2D eigenvalue weighted by Crippen LogP contribution is -2.32. The van der Waals surface area contributed by atoms with Crippen molar-refractivity contribution in [2.24, 2.45) is 5.92 Å². The summed E-state index contributed by atoms with van der Waals surface area (Å²) in [6, 6.07) is 1.75. The van der Waals surface area contributed by atoms with Crippen LogP contribution in [0.2, 0.25) is 0 Å². The molecule has 1 aliphatic rings. The second-order valence-corrected chi connectivity index (χ2v) is 8.66. The van der Waals surface area contributed by atoms with Gasteiger partial charge in [0.15, 0.2) is 11.4 Å². The van der Waals surface area contributed by atoms with Gasteiger partial charge in [-0.15, -0.1) is 10.2 Å². The molecule has 0 radical (unpaired) electrons. The number of aryl methyl sites for hydroxylation is 2. The van der Waals surface area contributed by atoms with Crippen LogP contribution in [0.25, 0.3) is 0 Å². The van der Waals surface area contributed by atoms with Crippen molar-refractivity contribution >= 4 is 11.8 Å². The number of carbonyl (C=O) groups excluding carboxylic acids is 2. The van der Waals surface area contributed by atoms with Gasteiger partial charge in [-0.3, -0.25) is 23.9 Å². The second-order valence-electron chi connectivity index (χ2n) is 8.66. The lowest BCUT2D eigenvalue weighted by Gasteiger charge is -2.25. The third kappa shape index (κ3) is 6.86. The minimum absolute atomic E-state index is 0.0517. The number of hydrogen-bond donors (Lipinski definition) is 2. The summed E-state index contributed by atoms with van der Waals surface area (Å²) in [7, 11) is 0. The quantitative estimate of drug-likeness (QED) is 0.382. The molecule has 3 heterocycles. The summed E-state index contributed by atoms with van der Waals surface area (Å²) >= 11 is 0. The van der Waals surface area contributed by atoms with Crippen molar-refractivity contribution in [1.82, 2.24) is 45.6 Å². The van der Waals surface area contributed by atoms with Crippen LogP contribution in [0.4, 0.5) is 13.2 Å². The molecule has 1 saturated carbocycles. The number of unbranched alkanes of at least 4 members (excludes halogenated alkanes) is 1. The molecule has 192 valence electrons. The third-order valence-electron chi connectivity index (χ3n) is 5.92. The molecule has 0 bridgehead atoms. The lowest BCUT2D eigenvalue weighted by atomic mass is 9.85. The van der Waals surface area contributed by atoms with Gasteiger partial charge in [-0.05, 0) is 43.7 Å². The molecule has 2 N–H and O–H groups in total. The predicted octanol–water partition coefficient (Wildman–Crippen LogP) is 2.22. The van der Waals surface area contributed by atoms with Gasteiger partial charge in [0.25, 0.3) is 11.8 Å². The van der Waals surface area contributed by atoms with E-state index in [-0.39, 0.29) is 23.8 Å². The van der Waals surface area contributed by atoms with Crippen molar-refractivity contribution in [1.29, 1.82) is 0 Å². The van der Waals surface area contributed by atoms with E-state index >= 15 is 0 Å². The molecule has 1 fully saturated rings. The SMILES string of the molecule is O=C(NCc1cc(C(F)(F)F)ccn1)c1cn(CCCCn2cc(C(=O)NCC3CCC3)nn2)nn1. The lowest BCUT2D eigenvalue weighted by molar-refractivity contribution is -0.137. The molecular weight excluding hydrogens is 479 g/mol. The first-order chi connectivity index (χ1) is 17.3. The fourth-order valence-corrected chi connectivity index (χ4v) is 3.61. The number of alkyl halides is 3. The van der Waals surface area contributed by atoms with Crippen LogP contribution in [0.1, 0.15) is 64.3 Å². The molecule has 1 aliphatic carbocycles. The van der Waals surface area contributed by atoms with Gasteiger partial charge in [-0.2, -0.15) is 13.2 Å². The van der Waals surface area contributed by atoms with Crippen LogP contribution in [0.3, 0.4) is 0 Å². The minimum Gasteiger partial charge on any atom is -0.350 e. The summed E-state index contributed by atoms with van der Waals surface area (Å²) in [6.45, 7) is 1.56. The number of rotatable bonds is 11. The van der Waals surface area contributed by atoms with E-state index in [0.29, 0.717) is 37.7 Å². The fraction of sp³-hybridized carbons (Fsp3) is 0.500. The predicted molar refractivity (Wildman–Crippen MR) is 119 cm³/mol. The topological polar surface area (TPSA) is 133 Å². The number of nitrogens with zero attached hydrogens (tertiary/aromatic N) is 7. The summed E-state index contributed by atoms with van der Waals surface area (Å²) in [5.74, 6) is -0.212. The number of halogens is 3. The van der Waals surface area contributed by atoms with Gasteiger partial charge in [-0.25, -0.2) is 0 Å². The highest BCUT2D eigenvalue weighted by Gasteiger charge is 2.30. The van der Waals surface area contributed by atoms with E-state index in [4.69, 9.17) is 0 Å². The number of nitrogens with one attached hydrogen (secondary N) is 2. The molecule has 0 aromatic carbocycles. The summed E-state index contributed by atoms with van der Waals surface area (Å²) in [5.41, 5.74) is -0.405. The number of carbonyl (C=O) groups is 2. The minimum atomic E-state index is -4.48. The molecule has 3 aromatic rings. The molecule has 11 nitrogen and oxygen atoms in total. The van der Waals surface area contributed by atoms with Crippen LogP contribution in [0.5, 0.6) is 0 Å². The van der Waals surface area contributed by atoms with E-state index in [2.05, 4.69) is 36.2 Å². The maximum absolute atomic E-state index is 12.8. The van der Waals surface area contributed by atoms with Crippen LogP contribution in [-0.4, -0.2) is 53.3 Å². The molecule has 0 saturated heterocycles. The molecule has 0 unspecified atom stereocenters. The van der Waals surface area contributed by atoms with E-state index in [1.54, 1.807) is 10.9 Å². The Balaban J connectivity index is 1.16. The van der Waals surface area contributed by atoms with Crippen molar-refractivity contribution in [3.05, 3.63) is 53.4 Å². The van der Waals surface area contributed by atoms with Gasteiger partial charge in [0.2, 0.25) is 0 Å². The molecule has 0 spiro atoms. The Labute approximate surface area is 204 Å². The second kappa shape index (κ2) is 11.3. The molecule has 4 rings (SSSR count). The summed E-state index contributed by atoms with van der Waals surface area (Å²) in [6.07, 6.45) is 4.63. The normalized spacial score (nSPS) is 13.9. The highest BCUT2D eigenvalue weighted by Crippen LogP contribution is 2.29. The van der Waals surface area contributed by atoms with Crippen LogP contribution in [-0.2, 0) is 25.8 Å². The molecule has 36 heavy (non-hydrogen) atoms. The number of amides is 2. The van der Waals surface area contributed by atoms with Gasteiger partial charge in [-0.1, -0.05) is 16.8 Å². The summed E-state index contributed by atoms with van der Waals surface area (Å²) < 4.78 is 41.5. The van der Waals surface area contributed by atoms with E-state index in [0.717, 1.165) is 37.6 Å². The Morgan fingerprint density at radius 1 is 0.972 bits per heavy atom. The van der Waals surface area contributed by atoms with Crippen LogP contribution in [0, 0.1) is 5.92 Å². The number of aromatic nitrogens is 7. The van der Waals surface area contributed by atoms with Crippen molar-refractivity contribution < 1.29 is 22.8 Å². The Morgan fingerprint density at radius 3 is 2.14 bits per heavy atom. The average Bonchev–Trinajstić information content (AvgIpc) is 3.49. The van der Waals surface area contributed by atoms with Crippen molar-refractivity contribution in [3.8, 4) is 0 Å². The standard InChI is InChI=1S/C22H26F3N9O2/c23-22(24,25)16-6-7-26-17(10-16)12-28-21(36)19-14-34(32-30-19)9-2-1-8-33-13-18(29-31-33)20(35)27-11-15-4-3-5-15/h6-7,10,13-15H,1-5,8-9,11-12H2,(H,27,35)(H,28,36). The third-order valence-corrected chi connectivity index (χ3v) is 5.92. The van der Waals surface area contributed by atoms with Gasteiger partial charge in [0.05, 0.1) is 30.2 Å². The zero-order valence-corrected chi connectivity index (χ0v) is 19.4. The van der Waals surface area contributed by atoms with E-state index in [9.17, 15) is 22.8 Å². The van der Waals surface area contributed by atoms with Crippen molar-refractivity contribution in [2.45, 2.75) is 57.9 Å². The molecule has 14 heteroatoms. The molecule has 2 amide bonds. The first kappa shape index (κ1) is 25.3. The van der Waals surface area contributed by atoms with Gasteiger partial charge >= 0.3 is 6.18 Å². The van der Waals surface area contributed by atoms with Crippen LogP contribution in [0.15, 0.2) is 30.7 Å². The Morgan fingerprint density at radius 2 is 1.58 bits per heavy atom. The smallest absolute Gasteiger partial charge is 0.350 e. The average molecular weight is 506 g/mol. The molecule has 0 atom stereocenters. The maximum atomic E-state index is 12.8. The monoisotopic (exact) mass is 505 g/mol. The zero-order chi connectivity index (χ0) is 25.5. The van der Waals surface area contributed by atoms with Crippen molar-refractivity contribution in [3.63, 3.8) is 0 Å². The number of hydrogen-bond acceptors (Lipinski definition) is 7. The maximum Gasteiger partial charge on any atom is 0.416 e. The van der Waals surface area contributed by atoms with Crippen LogP contribution < -0.4 is 10.6 Å². The van der Waals surface area contributed by atoms with Gasteiger partial charge < -0.3 is 10.6 Å². The largest absolute Gasteiger partial charge is 0.416 e. The van der Waals surface area contributed by atoms with Gasteiger partial charge in [0.1, 0.15) is 0 Å². The van der Waals surface area contributed by atoms with Gasteiger partial charge in [0, 0.05) is 25.8 Å². The Bertz CT molecular complexity index is 1190. The fourth-order valence-electron chi connectivity index (χ4n) is 3.61. The molecule has 0 aliphatic heterocycles. The van der Waals surface area contributed by atoms with E-state index in [1.165, 1.54) is 17.3 Å². The first-order valence-electron chi connectivity index (χ1n) is 11.7. The first-order valence-corrected chi connectivity index (χ1v) is 11.7. The molecular formula is C22H26F3N9O2. The summed E-state index contributed by atoms with van der Waals surface area (Å²) in [5, 5.41) is 21.0. The summed E-state index contributed by atoms with van der Waals surface area (Å²) in [4.78, 5) is 28.2. The Kier molecular flexibility index (Phi) is 7.90. The van der Waals surface area contributed by atoms with E-state index in [1.807, 2.05) is 0 Å².